The predicted octanol–water partition coefficient (Wildman–Crippen LogP) is 3.58. The number of benzene rings is 2. The van der Waals surface area contributed by atoms with Crippen molar-refractivity contribution in [1.82, 2.24) is 10.3 Å². The third kappa shape index (κ3) is 4.83. The second-order valence-electron chi connectivity index (χ2n) is 7.49. The lowest BCUT2D eigenvalue weighted by Crippen LogP contribution is -2.28. The van der Waals surface area contributed by atoms with Crippen LogP contribution < -0.4 is 15.5 Å². The number of nitrogens with one attached hydrogen (secondary N) is 2. The van der Waals surface area contributed by atoms with Crippen LogP contribution >= 0.6 is 11.3 Å². The Bertz CT molecular complexity index is 1160. The number of hydrogen-bond acceptors (Lipinski definition) is 5. The van der Waals surface area contributed by atoms with Crippen molar-refractivity contribution in [2.24, 2.45) is 5.92 Å². The third-order valence-electron chi connectivity index (χ3n) is 5.16. The van der Waals surface area contributed by atoms with Crippen LogP contribution in [0.3, 0.4) is 0 Å². The first-order valence-electron chi connectivity index (χ1n) is 10.1. The molecule has 32 heavy (non-hydrogen) atoms. The lowest BCUT2D eigenvalue weighted by molar-refractivity contribution is -0.122. The first-order valence-corrected chi connectivity index (χ1v) is 10.9. The molecule has 1 fully saturated rings. The summed E-state index contributed by atoms with van der Waals surface area (Å²) in [5, 5.41) is 7.79. The van der Waals surface area contributed by atoms with Crippen molar-refractivity contribution in [1.29, 1.82) is 0 Å². The summed E-state index contributed by atoms with van der Waals surface area (Å²) < 4.78 is 14.0. The van der Waals surface area contributed by atoms with Crippen LogP contribution in [0.15, 0.2) is 53.9 Å². The fraction of sp³-hybridized carbons (Fsp3) is 0.217. The molecule has 1 aliphatic heterocycles. The molecule has 4 rings (SSSR count). The SMILES string of the molecule is CC(=O)NCc1ccc(-c2csc(NC(=O)C3CC(=O)N(c4ccccc4F)C3)n2)cc1. The summed E-state index contributed by atoms with van der Waals surface area (Å²) in [7, 11) is 0. The van der Waals surface area contributed by atoms with Crippen molar-refractivity contribution >= 4 is 39.9 Å². The third-order valence-corrected chi connectivity index (χ3v) is 5.92. The second-order valence-corrected chi connectivity index (χ2v) is 8.35. The number of halogens is 1. The first kappa shape index (κ1) is 21.6. The number of rotatable bonds is 6. The van der Waals surface area contributed by atoms with Gasteiger partial charge in [-0.25, -0.2) is 9.37 Å². The Labute approximate surface area is 188 Å². The molecule has 1 unspecified atom stereocenters. The Balaban J connectivity index is 1.38. The van der Waals surface area contributed by atoms with Gasteiger partial charge < -0.3 is 15.5 Å². The molecule has 2 aromatic carbocycles. The predicted molar refractivity (Wildman–Crippen MR) is 121 cm³/mol. The summed E-state index contributed by atoms with van der Waals surface area (Å²) in [5.74, 6) is -1.76. The van der Waals surface area contributed by atoms with Gasteiger partial charge in [-0.15, -0.1) is 11.3 Å². The van der Waals surface area contributed by atoms with E-state index in [4.69, 9.17) is 0 Å². The molecule has 1 aromatic heterocycles. The maximum atomic E-state index is 14.0. The molecule has 9 heteroatoms. The number of carbonyl (C=O) groups excluding carboxylic acids is 3. The second kappa shape index (κ2) is 9.27. The zero-order chi connectivity index (χ0) is 22.7. The number of anilines is 2. The van der Waals surface area contributed by atoms with Gasteiger partial charge in [-0.2, -0.15) is 0 Å². The lowest BCUT2D eigenvalue weighted by Gasteiger charge is -2.17. The Morgan fingerprint density at radius 1 is 1.19 bits per heavy atom. The van der Waals surface area contributed by atoms with Gasteiger partial charge in [-0.1, -0.05) is 36.4 Å². The van der Waals surface area contributed by atoms with Crippen LogP contribution in [0.5, 0.6) is 0 Å². The average molecular weight is 453 g/mol. The van der Waals surface area contributed by atoms with Gasteiger partial charge in [-0.3, -0.25) is 14.4 Å². The monoisotopic (exact) mass is 452 g/mol. The van der Waals surface area contributed by atoms with Gasteiger partial charge in [-0.05, 0) is 17.7 Å². The van der Waals surface area contributed by atoms with E-state index in [-0.39, 0.29) is 36.4 Å². The molecule has 3 amide bonds. The number of para-hydroxylation sites is 1. The van der Waals surface area contributed by atoms with E-state index in [2.05, 4.69) is 15.6 Å². The van der Waals surface area contributed by atoms with Crippen molar-refractivity contribution < 1.29 is 18.8 Å². The molecule has 164 valence electrons. The van der Waals surface area contributed by atoms with Gasteiger partial charge >= 0.3 is 0 Å². The van der Waals surface area contributed by atoms with Gasteiger partial charge in [0.25, 0.3) is 0 Å². The van der Waals surface area contributed by atoms with Crippen LogP contribution in [0.2, 0.25) is 0 Å². The summed E-state index contributed by atoms with van der Waals surface area (Å²) in [4.78, 5) is 41.8. The molecule has 7 nitrogen and oxygen atoms in total. The highest BCUT2D eigenvalue weighted by atomic mass is 32.1. The van der Waals surface area contributed by atoms with E-state index in [1.165, 1.54) is 35.3 Å². The minimum absolute atomic E-state index is 0.0220. The van der Waals surface area contributed by atoms with Crippen molar-refractivity contribution in [2.45, 2.75) is 19.9 Å². The van der Waals surface area contributed by atoms with E-state index in [9.17, 15) is 18.8 Å². The van der Waals surface area contributed by atoms with Crippen LogP contribution in [0, 0.1) is 11.7 Å². The molecular formula is C23H21FN4O3S. The van der Waals surface area contributed by atoms with E-state index in [1.807, 2.05) is 29.6 Å². The molecule has 0 aliphatic carbocycles. The number of hydrogen-bond donors (Lipinski definition) is 2. The summed E-state index contributed by atoms with van der Waals surface area (Å²) in [6.45, 7) is 2.05. The van der Waals surface area contributed by atoms with Crippen molar-refractivity contribution in [3.8, 4) is 11.3 Å². The molecule has 0 saturated carbocycles. The molecule has 1 aliphatic rings. The van der Waals surface area contributed by atoms with Crippen LogP contribution in [0.1, 0.15) is 18.9 Å². The standard InChI is InChI=1S/C23H21FN4O3S/c1-14(29)25-11-15-6-8-16(9-7-15)19-13-32-23(26-19)27-22(31)17-10-21(30)28(12-17)20-5-3-2-4-18(20)24/h2-9,13,17H,10-12H2,1H3,(H,25,29)(H,26,27,31). The normalized spacial score (nSPS) is 15.6. The number of aromatic nitrogens is 1. The Morgan fingerprint density at radius 2 is 1.94 bits per heavy atom. The lowest BCUT2D eigenvalue weighted by atomic mass is 10.1. The molecule has 1 atom stereocenters. The van der Waals surface area contributed by atoms with Crippen LogP contribution in [0.4, 0.5) is 15.2 Å². The number of amides is 3. The van der Waals surface area contributed by atoms with Crippen molar-refractivity contribution in [3.63, 3.8) is 0 Å². The summed E-state index contributed by atoms with van der Waals surface area (Å²) >= 11 is 1.29. The van der Waals surface area contributed by atoms with Gasteiger partial charge in [0.1, 0.15) is 5.82 Å². The van der Waals surface area contributed by atoms with E-state index in [0.29, 0.717) is 17.4 Å². The molecular weight excluding hydrogens is 431 g/mol. The quantitative estimate of drug-likeness (QED) is 0.598. The minimum Gasteiger partial charge on any atom is -0.352 e. The first-order chi connectivity index (χ1) is 15.4. The van der Waals surface area contributed by atoms with Crippen LogP contribution in [-0.4, -0.2) is 29.3 Å². The van der Waals surface area contributed by atoms with E-state index in [0.717, 1.165) is 11.1 Å². The number of nitrogens with zero attached hydrogens (tertiary/aromatic N) is 2. The van der Waals surface area contributed by atoms with E-state index >= 15 is 0 Å². The fourth-order valence-electron chi connectivity index (χ4n) is 3.48. The zero-order valence-electron chi connectivity index (χ0n) is 17.3. The summed E-state index contributed by atoms with van der Waals surface area (Å²) in [5.41, 5.74) is 2.76. The minimum atomic E-state index is -0.581. The maximum absolute atomic E-state index is 14.0. The van der Waals surface area contributed by atoms with Crippen molar-refractivity contribution in [2.75, 3.05) is 16.8 Å². The molecule has 3 aromatic rings. The molecule has 0 bridgehead atoms. The molecule has 2 N–H and O–H groups in total. The van der Waals surface area contributed by atoms with Gasteiger partial charge in [0.2, 0.25) is 17.7 Å². The van der Waals surface area contributed by atoms with Crippen LogP contribution in [0.25, 0.3) is 11.3 Å². The highest BCUT2D eigenvalue weighted by Gasteiger charge is 2.36. The molecule has 0 radical (unpaired) electrons. The smallest absolute Gasteiger partial charge is 0.231 e. The maximum Gasteiger partial charge on any atom is 0.231 e. The van der Waals surface area contributed by atoms with Gasteiger partial charge in [0.05, 0.1) is 17.3 Å². The summed E-state index contributed by atoms with van der Waals surface area (Å²) in [6, 6.07) is 13.7. The molecule has 1 saturated heterocycles. The highest BCUT2D eigenvalue weighted by molar-refractivity contribution is 7.14. The molecule has 2 heterocycles. The topological polar surface area (TPSA) is 91.4 Å². The number of thiazole rings is 1. The summed E-state index contributed by atoms with van der Waals surface area (Å²) in [6.07, 6.45) is 0.0220. The Kier molecular flexibility index (Phi) is 6.27. The van der Waals surface area contributed by atoms with Crippen molar-refractivity contribution in [3.05, 3.63) is 65.3 Å². The van der Waals surface area contributed by atoms with Crippen LogP contribution in [-0.2, 0) is 20.9 Å². The van der Waals surface area contributed by atoms with E-state index in [1.54, 1.807) is 12.1 Å². The van der Waals surface area contributed by atoms with Gasteiger partial charge in [0.15, 0.2) is 5.13 Å². The zero-order valence-corrected chi connectivity index (χ0v) is 18.1. The fourth-order valence-corrected chi connectivity index (χ4v) is 4.20. The number of carbonyl (C=O) groups is 3. The average Bonchev–Trinajstić information content (AvgIpc) is 3.40. The largest absolute Gasteiger partial charge is 0.352 e. The molecule has 0 spiro atoms. The highest BCUT2D eigenvalue weighted by Crippen LogP contribution is 2.29. The van der Waals surface area contributed by atoms with Gasteiger partial charge in [0, 0.05) is 37.4 Å². The Hall–Kier alpha value is -3.59. The van der Waals surface area contributed by atoms with E-state index < -0.39 is 11.7 Å². The Morgan fingerprint density at radius 3 is 2.66 bits per heavy atom.